The highest BCUT2D eigenvalue weighted by Crippen LogP contribution is 2.11. The zero-order valence-corrected chi connectivity index (χ0v) is 7.93. The van der Waals surface area contributed by atoms with Gasteiger partial charge in [0.15, 0.2) is 0 Å². The fourth-order valence-electron chi connectivity index (χ4n) is 1.21. The first-order valence-corrected chi connectivity index (χ1v) is 4.34. The van der Waals surface area contributed by atoms with E-state index in [9.17, 15) is 9.18 Å². The molecule has 0 atom stereocenters. The second kappa shape index (κ2) is 4.17. The molecular weight excluding hydrogens is 167 g/mol. The molecule has 0 amide bonds. The van der Waals surface area contributed by atoms with Crippen LogP contribution in [0.4, 0.5) is 4.39 Å². The van der Waals surface area contributed by atoms with Gasteiger partial charge in [-0.15, -0.1) is 0 Å². The maximum atomic E-state index is 13.1. The van der Waals surface area contributed by atoms with Crippen LogP contribution in [0.5, 0.6) is 0 Å². The van der Waals surface area contributed by atoms with E-state index in [1.807, 2.05) is 6.92 Å². The molecule has 0 aliphatic rings. The zero-order chi connectivity index (χ0) is 9.84. The van der Waals surface area contributed by atoms with Crippen LogP contribution in [0.3, 0.4) is 0 Å². The van der Waals surface area contributed by atoms with Crippen molar-refractivity contribution in [2.24, 2.45) is 0 Å². The molecule has 1 nitrogen and oxygen atoms in total. The lowest BCUT2D eigenvalue weighted by Gasteiger charge is -2.02. The van der Waals surface area contributed by atoms with Crippen molar-refractivity contribution in [2.45, 2.75) is 26.7 Å². The second-order valence-electron chi connectivity index (χ2n) is 3.30. The molecule has 1 aromatic carbocycles. The van der Waals surface area contributed by atoms with Crippen LogP contribution in [0.15, 0.2) is 18.2 Å². The molecule has 0 aliphatic heterocycles. The van der Waals surface area contributed by atoms with E-state index in [1.54, 1.807) is 12.1 Å². The number of hydrogen-bond acceptors (Lipinski definition) is 1. The van der Waals surface area contributed by atoms with Crippen LogP contribution in [-0.4, -0.2) is 5.78 Å². The van der Waals surface area contributed by atoms with E-state index in [2.05, 4.69) is 0 Å². The number of ketones is 1. The van der Waals surface area contributed by atoms with Crippen molar-refractivity contribution < 1.29 is 9.18 Å². The molecule has 0 aromatic heterocycles. The SMILES string of the molecule is CC(=O)CCc1cc(C)ccc1F. The molecule has 0 saturated carbocycles. The Labute approximate surface area is 77.6 Å². The average molecular weight is 180 g/mol. The van der Waals surface area contributed by atoms with Crippen LogP contribution in [0.25, 0.3) is 0 Å². The minimum atomic E-state index is -0.216. The van der Waals surface area contributed by atoms with E-state index >= 15 is 0 Å². The Morgan fingerprint density at radius 1 is 1.46 bits per heavy atom. The minimum Gasteiger partial charge on any atom is -0.300 e. The van der Waals surface area contributed by atoms with E-state index in [0.717, 1.165) is 5.56 Å². The fourth-order valence-corrected chi connectivity index (χ4v) is 1.21. The summed E-state index contributed by atoms with van der Waals surface area (Å²) in [7, 11) is 0. The Bertz CT molecular complexity index is 318. The summed E-state index contributed by atoms with van der Waals surface area (Å²) in [4.78, 5) is 10.7. The van der Waals surface area contributed by atoms with Crippen LogP contribution in [-0.2, 0) is 11.2 Å². The van der Waals surface area contributed by atoms with Gasteiger partial charge in [0.1, 0.15) is 11.6 Å². The Kier molecular flexibility index (Phi) is 3.18. The summed E-state index contributed by atoms with van der Waals surface area (Å²) in [5.74, 6) is -0.118. The van der Waals surface area contributed by atoms with Gasteiger partial charge in [-0.1, -0.05) is 17.7 Å². The average Bonchev–Trinajstić information content (AvgIpc) is 2.06. The first kappa shape index (κ1) is 9.90. The number of Topliss-reactive ketones (excluding diaryl/α,β-unsaturated/α-hetero) is 1. The Hall–Kier alpha value is -1.18. The topological polar surface area (TPSA) is 17.1 Å². The third-order valence-electron chi connectivity index (χ3n) is 1.95. The number of aryl methyl sites for hydroxylation is 2. The number of carbonyl (C=O) groups excluding carboxylic acids is 1. The predicted molar refractivity (Wildman–Crippen MR) is 50.1 cm³/mol. The number of hydrogen-bond donors (Lipinski definition) is 0. The highest BCUT2D eigenvalue weighted by atomic mass is 19.1. The number of rotatable bonds is 3. The summed E-state index contributed by atoms with van der Waals surface area (Å²) in [6, 6.07) is 4.97. The summed E-state index contributed by atoms with van der Waals surface area (Å²) in [5.41, 5.74) is 1.66. The lowest BCUT2D eigenvalue weighted by Crippen LogP contribution is -1.97. The van der Waals surface area contributed by atoms with Crippen molar-refractivity contribution in [1.82, 2.24) is 0 Å². The molecule has 70 valence electrons. The van der Waals surface area contributed by atoms with Gasteiger partial charge < -0.3 is 4.79 Å². The van der Waals surface area contributed by atoms with Gasteiger partial charge >= 0.3 is 0 Å². The van der Waals surface area contributed by atoms with Gasteiger partial charge in [0.05, 0.1) is 0 Å². The van der Waals surface area contributed by atoms with Gasteiger partial charge in [0.2, 0.25) is 0 Å². The molecule has 0 fully saturated rings. The van der Waals surface area contributed by atoms with E-state index < -0.39 is 0 Å². The summed E-state index contributed by atoms with van der Waals surface area (Å²) in [6.07, 6.45) is 0.920. The quantitative estimate of drug-likeness (QED) is 0.698. The minimum absolute atomic E-state index is 0.0981. The van der Waals surface area contributed by atoms with Gasteiger partial charge in [0.25, 0.3) is 0 Å². The Balaban J connectivity index is 2.75. The molecule has 0 spiro atoms. The van der Waals surface area contributed by atoms with Crippen LogP contribution in [0.2, 0.25) is 0 Å². The summed E-state index contributed by atoms with van der Waals surface area (Å²) in [6.45, 7) is 3.43. The van der Waals surface area contributed by atoms with Crippen LogP contribution in [0, 0.1) is 12.7 Å². The third-order valence-corrected chi connectivity index (χ3v) is 1.95. The van der Waals surface area contributed by atoms with Crippen molar-refractivity contribution in [3.63, 3.8) is 0 Å². The molecule has 0 radical (unpaired) electrons. The number of carbonyl (C=O) groups is 1. The lowest BCUT2D eigenvalue weighted by atomic mass is 10.1. The lowest BCUT2D eigenvalue weighted by molar-refractivity contribution is -0.116. The highest BCUT2D eigenvalue weighted by molar-refractivity contribution is 5.75. The van der Waals surface area contributed by atoms with Gasteiger partial charge in [-0.3, -0.25) is 0 Å². The molecule has 0 aliphatic carbocycles. The predicted octanol–water partition coefficient (Wildman–Crippen LogP) is 2.66. The molecule has 0 bridgehead atoms. The maximum absolute atomic E-state index is 13.1. The van der Waals surface area contributed by atoms with Crippen molar-refractivity contribution in [3.05, 3.63) is 35.1 Å². The normalized spacial score (nSPS) is 10.1. The summed E-state index contributed by atoms with van der Waals surface area (Å²) < 4.78 is 13.1. The third kappa shape index (κ3) is 2.98. The van der Waals surface area contributed by atoms with Gasteiger partial charge in [-0.05, 0) is 31.9 Å². The largest absolute Gasteiger partial charge is 0.300 e. The van der Waals surface area contributed by atoms with Gasteiger partial charge in [0, 0.05) is 6.42 Å². The van der Waals surface area contributed by atoms with Crippen molar-refractivity contribution in [1.29, 1.82) is 0 Å². The summed E-state index contributed by atoms with van der Waals surface area (Å²) in [5, 5.41) is 0. The molecule has 2 heteroatoms. The van der Waals surface area contributed by atoms with Gasteiger partial charge in [-0.2, -0.15) is 0 Å². The van der Waals surface area contributed by atoms with Gasteiger partial charge in [-0.25, -0.2) is 4.39 Å². The standard InChI is InChI=1S/C11H13FO/c1-8-3-6-11(12)10(7-8)5-4-9(2)13/h3,6-7H,4-5H2,1-2H3. The second-order valence-corrected chi connectivity index (χ2v) is 3.30. The Morgan fingerprint density at radius 2 is 2.15 bits per heavy atom. The first-order chi connectivity index (χ1) is 6.09. The summed E-state index contributed by atoms with van der Waals surface area (Å²) >= 11 is 0. The maximum Gasteiger partial charge on any atom is 0.130 e. The van der Waals surface area contributed by atoms with Crippen molar-refractivity contribution in [2.75, 3.05) is 0 Å². The smallest absolute Gasteiger partial charge is 0.130 e. The zero-order valence-electron chi connectivity index (χ0n) is 7.93. The van der Waals surface area contributed by atoms with E-state index in [1.165, 1.54) is 13.0 Å². The molecule has 0 unspecified atom stereocenters. The molecule has 0 saturated heterocycles. The molecule has 1 aromatic rings. The molecule has 0 N–H and O–H groups in total. The van der Waals surface area contributed by atoms with E-state index in [0.29, 0.717) is 18.4 Å². The number of halogens is 1. The molecule has 0 heterocycles. The first-order valence-electron chi connectivity index (χ1n) is 4.34. The van der Waals surface area contributed by atoms with Crippen molar-refractivity contribution >= 4 is 5.78 Å². The molecule has 13 heavy (non-hydrogen) atoms. The molecule has 1 rings (SSSR count). The Morgan fingerprint density at radius 3 is 2.77 bits per heavy atom. The van der Waals surface area contributed by atoms with E-state index in [-0.39, 0.29) is 11.6 Å². The molecular formula is C11H13FO. The highest BCUT2D eigenvalue weighted by Gasteiger charge is 2.03. The fraction of sp³-hybridized carbons (Fsp3) is 0.364. The monoisotopic (exact) mass is 180 g/mol. The van der Waals surface area contributed by atoms with Crippen LogP contribution >= 0.6 is 0 Å². The van der Waals surface area contributed by atoms with Crippen LogP contribution in [0.1, 0.15) is 24.5 Å². The van der Waals surface area contributed by atoms with E-state index in [4.69, 9.17) is 0 Å². The van der Waals surface area contributed by atoms with Crippen LogP contribution < -0.4 is 0 Å². The number of benzene rings is 1. The van der Waals surface area contributed by atoms with Crippen molar-refractivity contribution in [3.8, 4) is 0 Å².